The lowest BCUT2D eigenvalue weighted by Crippen LogP contribution is -2.57. The van der Waals surface area contributed by atoms with Crippen molar-refractivity contribution < 1.29 is 33.4 Å². The van der Waals surface area contributed by atoms with Gasteiger partial charge in [0.25, 0.3) is 5.91 Å². The molecule has 0 radical (unpaired) electrons. The number of rotatable bonds is 24. The molecule has 0 saturated carbocycles. The van der Waals surface area contributed by atoms with E-state index in [1.807, 2.05) is 4.90 Å². The SMILES string of the molecule is CCCCCCN(C(=O)[C@@H](NCC1CCCCN1C)[C@@H](C)CC)[C@H](C[C@@H](OC(C)=O)c1nc(C(=O)N[C@@H](Cc2ccc(F)cc2)CC(C)(C)C(=O)O)cs1)C(C)C. The Morgan fingerprint density at radius 2 is 1.79 bits per heavy atom. The number of hydrogen-bond donors (Lipinski definition) is 3. The van der Waals surface area contributed by atoms with Crippen molar-refractivity contribution in [2.45, 2.75) is 156 Å². The van der Waals surface area contributed by atoms with Crippen molar-refractivity contribution in [2.75, 3.05) is 26.7 Å². The van der Waals surface area contributed by atoms with Crippen molar-refractivity contribution in [1.29, 1.82) is 0 Å². The molecule has 13 heteroatoms. The van der Waals surface area contributed by atoms with Gasteiger partial charge in [-0.3, -0.25) is 19.2 Å². The van der Waals surface area contributed by atoms with Gasteiger partial charge in [-0.25, -0.2) is 9.37 Å². The van der Waals surface area contributed by atoms with Crippen molar-refractivity contribution in [3.63, 3.8) is 0 Å². The Balaban J connectivity index is 1.91. The van der Waals surface area contributed by atoms with E-state index in [2.05, 4.69) is 62.2 Å². The highest BCUT2D eigenvalue weighted by molar-refractivity contribution is 7.09. The van der Waals surface area contributed by atoms with E-state index in [1.165, 1.54) is 43.2 Å². The molecule has 1 aromatic heterocycles. The van der Waals surface area contributed by atoms with E-state index in [1.54, 1.807) is 31.4 Å². The summed E-state index contributed by atoms with van der Waals surface area (Å²) in [6.45, 7) is 17.5. The van der Waals surface area contributed by atoms with Gasteiger partial charge in [-0.05, 0) is 89.1 Å². The smallest absolute Gasteiger partial charge is 0.309 e. The number of amides is 2. The summed E-state index contributed by atoms with van der Waals surface area (Å²) >= 11 is 1.21. The molecule has 0 bridgehead atoms. The first-order valence-corrected chi connectivity index (χ1v) is 22.0. The summed E-state index contributed by atoms with van der Waals surface area (Å²) in [4.78, 5) is 62.3. The van der Waals surface area contributed by atoms with Gasteiger partial charge in [0.15, 0.2) is 6.10 Å². The fourth-order valence-electron chi connectivity index (χ4n) is 7.72. The number of hydrogen-bond acceptors (Lipinski definition) is 9. The maximum absolute atomic E-state index is 14.9. The van der Waals surface area contributed by atoms with E-state index in [4.69, 9.17) is 4.74 Å². The molecule has 1 unspecified atom stereocenters. The minimum absolute atomic E-state index is 0.0211. The zero-order chi connectivity index (χ0) is 42.3. The largest absolute Gasteiger partial charge is 0.481 e. The third-order valence-electron chi connectivity index (χ3n) is 11.5. The van der Waals surface area contributed by atoms with Crippen molar-refractivity contribution in [1.82, 2.24) is 25.4 Å². The lowest BCUT2D eigenvalue weighted by molar-refractivity contribution is -0.149. The molecule has 2 aromatic rings. The number of carbonyl (C=O) groups excluding carboxylic acids is 3. The molecule has 6 atom stereocenters. The summed E-state index contributed by atoms with van der Waals surface area (Å²) in [5.41, 5.74) is -0.281. The minimum Gasteiger partial charge on any atom is -0.481 e. The molecule has 1 aliphatic heterocycles. The summed E-state index contributed by atoms with van der Waals surface area (Å²) in [5, 5.41) is 18.6. The van der Waals surface area contributed by atoms with E-state index in [0.29, 0.717) is 24.0 Å². The first-order chi connectivity index (χ1) is 27.0. The van der Waals surface area contributed by atoms with Crippen LogP contribution < -0.4 is 10.6 Å². The monoisotopic (exact) mass is 816 g/mol. The number of benzene rings is 1. The van der Waals surface area contributed by atoms with E-state index in [-0.39, 0.29) is 54.2 Å². The van der Waals surface area contributed by atoms with Crippen LogP contribution in [-0.4, -0.2) is 94.5 Å². The second kappa shape index (κ2) is 23.2. The molecule has 2 heterocycles. The third kappa shape index (κ3) is 15.0. The minimum atomic E-state index is -1.15. The van der Waals surface area contributed by atoms with Crippen LogP contribution in [-0.2, 0) is 25.5 Å². The van der Waals surface area contributed by atoms with Crippen LogP contribution in [0.3, 0.4) is 0 Å². The van der Waals surface area contributed by atoms with Crippen molar-refractivity contribution >= 4 is 35.1 Å². The van der Waals surface area contributed by atoms with Gasteiger partial charge >= 0.3 is 11.9 Å². The van der Waals surface area contributed by atoms with Gasteiger partial charge in [0.05, 0.1) is 11.5 Å². The molecule has 3 rings (SSSR count). The van der Waals surface area contributed by atoms with Crippen LogP contribution in [0.15, 0.2) is 29.6 Å². The van der Waals surface area contributed by atoms with Crippen molar-refractivity contribution in [2.24, 2.45) is 17.3 Å². The van der Waals surface area contributed by atoms with Crippen LogP contribution in [0.2, 0.25) is 0 Å². The lowest BCUT2D eigenvalue weighted by atomic mass is 9.84. The number of piperidine rings is 1. The summed E-state index contributed by atoms with van der Waals surface area (Å²) < 4.78 is 19.6. The molecule has 320 valence electrons. The molecular weight excluding hydrogens is 746 g/mol. The second-order valence-electron chi connectivity index (χ2n) is 17.1. The maximum Gasteiger partial charge on any atom is 0.309 e. The van der Waals surface area contributed by atoms with Crippen LogP contribution in [0.25, 0.3) is 0 Å². The number of esters is 1. The Morgan fingerprint density at radius 3 is 2.39 bits per heavy atom. The van der Waals surface area contributed by atoms with Crippen LogP contribution >= 0.6 is 11.3 Å². The topological polar surface area (TPSA) is 141 Å². The Kier molecular flexibility index (Phi) is 19.6. The highest BCUT2D eigenvalue weighted by Crippen LogP contribution is 2.32. The third-order valence-corrected chi connectivity index (χ3v) is 12.5. The van der Waals surface area contributed by atoms with Crippen molar-refractivity contribution in [3.05, 3.63) is 51.7 Å². The zero-order valence-electron chi connectivity index (χ0n) is 35.9. The summed E-state index contributed by atoms with van der Waals surface area (Å²) in [6, 6.07) is 5.04. The Hall–Kier alpha value is -3.42. The molecule has 2 amide bonds. The average Bonchev–Trinajstić information content (AvgIpc) is 3.65. The molecule has 1 aliphatic rings. The maximum atomic E-state index is 14.9. The summed E-state index contributed by atoms with van der Waals surface area (Å²) in [5.74, 6) is -2.18. The highest BCUT2D eigenvalue weighted by Gasteiger charge is 2.37. The van der Waals surface area contributed by atoms with Gasteiger partial charge in [-0.15, -0.1) is 11.3 Å². The Labute approximate surface area is 344 Å². The predicted molar refractivity (Wildman–Crippen MR) is 225 cm³/mol. The molecule has 1 saturated heterocycles. The fourth-order valence-corrected chi connectivity index (χ4v) is 8.56. The number of carboxylic acids is 1. The van der Waals surface area contributed by atoms with Crippen molar-refractivity contribution in [3.8, 4) is 0 Å². The number of ether oxygens (including phenoxy) is 1. The number of unbranched alkanes of at least 4 members (excludes halogenated alkanes) is 3. The molecule has 3 N–H and O–H groups in total. The normalized spacial score (nSPS) is 17.7. The van der Waals surface area contributed by atoms with Gasteiger partial charge in [-0.2, -0.15) is 0 Å². The van der Waals surface area contributed by atoms with E-state index < -0.39 is 35.4 Å². The molecule has 57 heavy (non-hydrogen) atoms. The Bertz CT molecular complexity index is 1570. The predicted octanol–water partition coefficient (Wildman–Crippen LogP) is 8.04. The molecule has 0 aliphatic carbocycles. The fraction of sp³-hybridized carbons (Fsp3) is 0.705. The summed E-state index contributed by atoms with van der Waals surface area (Å²) in [6.07, 6.45) is 8.27. The number of carboxylic acid groups (broad SMARTS) is 1. The first-order valence-electron chi connectivity index (χ1n) is 21.1. The highest BCUT2D eigenvalue weighted by atomic mass is 32.1. The van der Waals surface area contributed by atoms with Gasteiger partial charge in [0.1, 0.15) is 16.5 Å². The average molecular weight is 816 g/mol. The molecule has 1 fully saturated rings. The van der Waals surface area contributed by atoms with Gasteiger partial charge in [0.2, 0.25) is 5.91 Å². The van der Waals surface area contributed by atoms with Crippen LogP contribution in [0, 0.1) is 23.1 Å². The number of carbonyl (C=O) groups is 4. The van der Waals surface area contributed by atoms with E-state index in [0.717, 1.165) is 57.2 Å². The van der Waals surface area contributed by atoms with Crippen LogP contribution in [0.5, 0.6) is 0 Å². The standard InChI is InChI=1S/C44H70FN5O6S/c1-10-12-13-15-23-50(42(53)39(30(5)11-2)46-27-35-17-14-16-22-49(35)9)37(29(3)4)25-38(56-31(6)51)41-48-36(28-57-41)40(52)47-34(26-44(7,8)43(54)55)24-32-18-20-33(45)21-19-32/h18-21,28-30,34-35,37-39,46H,10-17,22-27H2,1-9H3,(H,47,52)(H,54,55)/t30-,34-,35?,37+,38+,39-/m0/s1. The molecular formula is C44H70FN5O6S. The number of likely N-dealkylation sites (tertiary alicyclic amines) is 1. The first kappa shape index (κ1) is 48.0. The van der Waals surface area contributed by atoms with Crippen LogP contribution in [0.4, 0.5) is 4.39 Å². The van der Waals surface area contributed by atoms with E-state index in [9.17, 15) is 28.7 Å². The van der Waals surface area contributed by atoms with Gasteiger partial charge in [-0.1, -0.05) is 78.9 Å². The number of aliphatic carboxylic acids is 1. The number of likely N-dealkylation sites (N-methyl/N-ethyl adjacent to an activating group) is 1. The second-order valence-corrected chi connectivity index (χ2v) is 18.0. The van der Waals surface area contributed by atoms with Gasteiger partial charge < -0.3 is 30.3 Å². The number of halogens is 1. The zero-order valence-corrected chi connectivity index (χ0v) is 36.8. The van der Waals surface area contributed by atoms with Gasteiger partial charge in [0, 0.05) is 49.9 Å². The number of nitrogens with one attached hydrogen (secondary N) is 2. The quantitative estimate of drug-likeness (QED) is 0.0710. The van der Waals surface area contributed by atoms with E-state index >= 15 is 0 Å². The number of nitrogens with zero attached hydrogens (tertiary/aromatic N) is 3. The number of thiazole rings is 1. The van der Waals surface area contributed by atoms with Crippen LogP contribution in [0.1, 0.15) is 147 Å². The number of aromatic nitrogens is 1. The molecule has 11 nitrogen and oxygen atoms in total. The molecule has 0 spiro atoms. The lowest BCUT2D eigenvalue weighted by Gasteiger charge is -2.40. The summed E-state index contributed by atoms with van der Waals surface area (Å²) in [7, 11) is 2.16. The molecule has 1 aromatic carbocycles. The Morgan fingerprint density at radius 1 is 1.09 bits per heavy atom.